The fourth-order valence-corrected chi connectivity index (χ4v) is 1.29. The van der Waals surface area contributed by atoms with Crippen molar-refractivity contribution in [1.29, 1.82) is 0 Å². The molecule has 0 saturated carbocycles. The summed E-state index contributed by atoms with van der Waals surface area (Å²) in [6.07, 6.45) is -0.305. The van der Waals surface area contributed by atoms with E-state index in [1.165, 1.54) is 0 Å². The maximum Gasteiger partial charge on any atom is 0.239 e. The fraction of sp³-hybridized carbons (Fsp3) is 0.417. The highest BCUT2D eigenvalue weighted by atomic mass is 16.5. The monoisotopic (exact) mass is 222 g/mol. The zero-order valence-corrected chi connectivity index (χ0v) is 9.64. The molecule has 1 aromatic rings. The van der Waals surface area contributed by atoms with Gasteiger partial charge in [-0.25, -0.2) is 0 Å². The van der Waals surface area contributed by atoms with Gasteiger partial charge in [0.2, 0.25) is 5.91 Å². The third kappa shape index (κ3) is 3.64. The van der Waals surface area contributed by atoms with Gasteiger partial charge in [-0.15, -0.1) is 0 Å². The van der Waals surface area contributed by atoms with Crippen LogP contribution >= 0.6 is 0 Å². The predicted molar refractivity (Wildman–Crippen MR) is 62.7 cm³/mol. The van der Waals surface area contributed by atoms with Gasteiger partial charge in [0.15, 0.2) is 0 Å². The Morgan fingerprint density at radius 1 is 1.44 bits per heavy atom. The molecule has 4 heteroatoms. The highest BCUT2D eigenvalue weighted by Crippen LogP contribution is 2.05. The number of ether oxygens (including phenoxy) is 1. The summed E-state index contributed by atoms with van der Waals surface area (Å²) in [5.74, 6) is -0.208. The molecule has 1 unspecified atom stereocenters. The molecule has 1 amide bonds. The van der Waals surface area contributed by atoms with Crippen molar-refractivity contribution in [1.82, 2.24) is 5.32 Å². The number of carbonyl (C=O) groups is 1. The molecule has 0 bridgehead atoms. The Labute approximate surface area is 95.8 Å². The third-order valence-corrected chi connectivity index (χ3v) is 2.41. The van der Waals surface area contributed by atoms with E-state index in [2.05, 4.69) is 5.32 Å². The summed E-state index contributed by atoms with van der Waals surface area (Å²) in [5.41, 5.74) is 6.77. The van der Waals surface area contributed by atoms with Crippen LogP contribution in [0.25, 0.3) is 0 Å². The van der Waals surface area contributed by atoms with Crippen LogP contribution in [0.5, 0.6) is 0 Å². The molecular weight excluding hydrogens is 204 g/mol. The Hall–Kier alpha value is -1.39. The van der Waals surface area contributed by atoms with E-state index in [1.54, 1.807) is 14.0 Å². The normalized spacial score (nSPS) is 14.2. The first-order valence-electron chi connectivity index (χ1n) is 5.28. The number of nitrogens with two attached hydrogens (primary N) is 1. The number of amides is 1. The summed E-state index contributed by atoms with van der Waals surface area (Å²) in [5, 5.41) is 2.50. The minimum atomic E-state index is -0.631. The van der Waals surface area contributed by atoms with Crippen LogP contribution in [0.2, 0.25) is 0 Å². The lowest BCUT2D eigenvalue weighted by molar-refractivity contribution is -0.125. The Morgan fingerprint density at radius 2 is 2.06 bits per heavy atom. The second-order valence-corrected chi connectivity index (χ2v) is 3.64. The summed E-state index contributed by atoms with van der Waals surface area (Å²) < 4.78 is 5.53. The van der Waals surface area contributed by atoms with Crippen LogP contribution in [-0.4, -0.2) is 25.1 Å². The smallest absolute Gasteiger partial charge is 0.239 e. The van der Waals surface area contributed by atoms with Crippen LogP contribution in [0.1, 0.15) is 12.5 Å². The zero-order valence-electron chi connectivity index (χ0n) is 9.64. The molecule has 0 radical (unpaired) electrons. The van der Waals surface area contributed by atoms with E-state index in [0.29, 0.717) is 6.61 Å². The molecule has 0 saturated heterocycles. The van der Waals surface area contributed by atoms with Gasteiger partial charge in [-0.3, -0.25) is 4.79 Å². The van der Waals surface area contributed by atoms with Crippen LogP contribution in [0.15, 0.2) is 30.3 Å². The summed E-state index contributed by atoms with van der Waals surface area (Å²) in [6, 6.07) is 9.15. The standard InChI is InChI=1S/C12H18N2O2/c1-9(11(13)12(15)14-2)16-8-10-6-4-3-5-7-10/h3-7,9,11H,8,13H2,1-2H3,(H,14,15)/t9?,11-/m0/s1. The van der Waals surface area contributed by atoms with Crippen molar-refractivity contribution in [2.75, 3.05) is 7.05 Å². The summed E-state index contributed by atoms with van der Waals surface area (Å²) >= 11 is 0. The van der Waals surface area contributed by atoms with Gasteiger partial charge >= 0.3 is 0 Å². The molecular formula is C12H18N2O2. The maximum atomic E-state index is 11.2. The number of rotatable bonds is 5. The van der Waals surface area contributed by atoms with Crippen molar-refractivity contribution in [3.63, 3.8) is 0 Å². The summed E-state index contributed by atoms with van der Waals surface area (Å²) in [6.45, 7) is 2.26. The molecule has 1 rings (SSSR count). The Morgan fingerprint density at radius 3 is 2.62 bits per heavy atom. The molecule has 0 heterocycles. The van der Waals surface area contributed by atoms with E-state index in [0.717, 1.165) is 5.56 Å². The summed E-state index contributed by atoms with van der Waals surface area (Å²) in [7, 11) is 1.56. The lowest BCUT2D eigenvalue weighted by Gasteiger charge is -2.19. The first-order chi connectivity index (χ1) is 7.65. The molecule has 0 aliphatic rings. The van der Waals surface area contributed by atoms with Crippen molar-refractivity contribution in [3.05, 3.63) is 35.9 Å². The van der Waals surface area contributed by atoms with E-state index < -0.39 is 6.04 Å². The molecule has 88 valence electrons. The number of nitrogens with one attached hydrogen (secondary N) is 1. The minimum absolute atomic E-state index is 0.208. The van der Waals surface area contributed by atoms with Crippen LogP contribution in [0, 0.1) is 0 Å². The molecule has 16 heavy (non-hydrogen) atoms. The van der Waals surface area contributed by atoms with Gasteiger partial charge in [0.1, 0.15) is 6.04 Å². The van der Waals surface area contributed by atoms with E-state index >= 15 is 0 Å². The lowest BCUT2D eigenvalue weighted by Crippen LogP contribution is -2.46. The first-order valence-corrected chi connectivity index (χ1v) is 5.28. The first kappa shape index (κ1) is 12.7. The van der Waals surface area contributed by atoms with E-state index in [-0.39, 0.29) is 12.0 Å². The van der Waals surface area contributed by atoms with Crippen LogP contribution < -0.4 is 11.1 Å². The maximum absolute atomic E-state index is 11.2. The average Bonchev–Trinajstić information content (AvgIpc) is 2.35. The summed E-state index contributed by atoms with van der Waals surface area (Å²) in [4.78, 5) is 11.2. The zero-order chi connectivity index (χ0) is 12.0. The van der Waals surface area contributed by atoms with Crippen molar-refractivity contribution < 1.29 is 9.53 Å². The van der Waals surface area contributed by atoms with E-state index in [1.807, 2.05) is 30.3 Å². The number of carbonyl (C=O) groups excluding carboxylic acids is 1. The van der Waals surface area contributed by atoms with Gasteiger partial charge in [0.05, 0.1) is 12.7 Å². The molecule has 3 N–H and O–H groups in total. The van der Waals surface area contributed by atoms with Crippen molar-refractivity contribution >= 4 is 5.91 Å². The van der Waals surface area contributed by atoms with Gasteiger partial charge in [0.25, 0.3) is 0 Å². The molecule has 0 aromatic heterocycles. The number of hydrogen-bond donors (Lipinski definition) is 2. The van der Waals surface area contributed by atoms with E-state index in [4.69, 9.17) is 10.5 Å². The van der Waals surface area contributed by atoms with Crippen LogP contribution in [0.3, 0.4) is 0 Å². The molecule has 1 aromatic carbocycles. The van der Waals surface area contributed by atoms with Crippen LogP contribution in [0.4, 0.5) is 0 Å². The third-order valence-electron chi connectivity index (χ3n) is 2.41. The molecule has 0 fully saturated rings. The highest BCUT2D eigenvalue weighted by Gasteiger charge is 2.19. The second kappa shape index (κ2) is 6.25. The largest absolute Gasteiger partial charge is 0.372 e. The van der Waals surface area contributed by atoms with Gasteiger partial charge in [0, 0.05) is 7.05 Å². The van der Waals surface area contributed by atoms with Gasteiger partial charge < -0.3 is 15.8 Å². The quantitative estimate of drug-likeness (QED) is 0.769. The highest BCUT2D eigenvalue weighted by molar-refractivity contribution is 5.81. The number of benzene rings is 1. The van der Waals surface area contributed by atoms with Gasteiger partial charge in [-0.1, -0.05) is 30.3 Å². The van der Waals surface area contributed by atoms with E-state index in [9.17, 15) is 4.79 Å². The molecule has 4 nitrogen and oxygen atoms in total. The fourth-order valence-electron chi connectivity index (χ4n) is 1.29. The molecule has 2 atom stereocenters. The van der Waals surface area contributed by atoms with Crippen molar-refractivity contribution in [2.45, 2.75) is 25.7 Å². The van der Waals surface area contributed by atoms with Crippen molar-refractivity contribution in [3.8, 4) is 0 Å². The lowest BCUT2D eigenvalue weighted by atomic mass is 10.2. The predicted octanol–water partition coefficient (Wildman–Crippen LogP) is 0.665. The van der Waals surface area contributed by atoms with Gasteiger partial charge in [-0.2, -0.15) is 0 Å². The second-order valence-electron chi connectivity index (χ2n) is 3.64. The SMILES string of the molecule is CNC(=O)[C@@H](N)C(C)OCc1ccccc1. The Bertz CT molecular complexity index is 327. The Kier molecular flexibility index (Phi) is 4.95. The van der Waals surface area contributed by atoms with Crippen LogP contribution in [-0.2, 0) is 16.1 Å². The Balaban J connectivity index is 2.41. The molecule has 0 aliphatic carbocycles. The van der Waals surface area contributed by atoms with Crippen molar-refractivity contribution in [2.24, 2.45) is 5.73 Å². The molecule has 0 aliphatic heterocycles. The average molecular weight is 222 g/mol. The van der Waals surface area contributed by atoms with Gasteiger partial charge in [-0.05, 0) is 12.5 Å². The topological polar surface area (TPSA) is 64.4 Å². The number of hydrogen-bond acceptors (Lipinski definition) is 3. The molecule has 0 spiro atoms. The minimum Gasteiger partial charge on any atom is -0.372 e. The number of likely N-dealkylation sites (N-methyl/N-ethyl adjacent to an activating group) is 1.